The molecule has 0 unspecified atom stereocenters. The van der Waals surface area contributed by atoms with Crippen molar-refractivity contribution in [3.8, 4) is 0 Å². The third-order valence-corrected chi connectivity index (χ3v) is 2.74. The zero-order valence-corrected chi connectivity index (χ0v) is 11.0. The van der Waals surface area contributed by atoms with E-state index >= 15 is 0 Å². The summed E-state index contributed by atoms with van der Waals surface area (Å²) >= 11 is 0. The van der Waals surface area contributed by atoms with Gasteiger partial charge in [0.1, 0.15) is 0 Å². The van der Waals surface area contributed by atoms with Crippen molar-refractivity contribution in [3.63, 3.8) is 0 Å². The molecule has 0 radical (unpaired) electrons. The number of nitrogens with one attached hydrogen (secondary N) is 2. The van der Waals surface area contributed by atoms with Crippen LogP contribution in [0.4, 0.5) is 21.5 Å². The average molecular weight is 290 g/mol. The summed E-state index contributed by atoms with van der Waals surface area (Å²) in [6.07, 6.45) is 2.89. The Morgan fingerprint density at radius 2 is 2.14 bits per heavy atom. The van der Waals surface area contributed by atoms with E-state index in [0.717, 1.165) is 12.1 Å². The molecule has 2 rings (SSSR count). The van der Waals surface area contributed by atoms with E-state index in [1.807, 2.05) is 0 Å². The molecule has 0 aliphatic carbocycles. The van der Waals surface area contributed by atoms with Crippen LogP contribution < -0.4 is 10.6 Å². The zero-order chi connectivity index (χ0) is 15.4. The fourth-order valence-electron chi connectivity index (χ4n) is 1.72. The molecule has 0 aliphatic rings. The molecule has 2 N–H and O–H groups in total. The molecule has 108 valence electrons. The van der Waals surface area contributed by atoms with Crippen molar-refractivity contribution in [1.29, 1.82) is 0 Å². The maximum absolute atomic E-state index is 13.5. The predicted molar refractivity (Wildman–Crippen MR) is 74.8 cm³/mol. The number of hydrogen-bond donors (Lipinski definition) is 2. The first-order valence-corrected chi connectivity index (χ1v) is 5.90. The van der Waals surface area contributed by atoms with Gasteiger partial charge in [0.15, 0.2) is 0 Å². The summed E-state index contributed by atoms with van der Waals surface area (Å²) in [6.45, 7) is 0. The molecular weight excluding hydrogens is 279 g/mol. The van der Waals surface area contributed by atoms with E-state index in [0.29, 0.717) is 5.69 Å². The van der Waals surface area contributed by atoms with Crippen LogP contribution in [0.2, 0.25) is 0 Å². The lowest BCUT2D eigenvalue weighted by atomic mass is 10.2. The number of nitro groups is 1. The van der Waals surface area contributed by atoms with Crippen molar-refractivity contribution >= 4 is 23.0 Å². The highest BCUT2D eigenvalue weighted by Gasteiger charge is 2.16. The Hall–Kier alpha value is -3.03. The number of carbonyl (C=O) groups excluding carboxylic acids is 1. The molecule has 2 aromatic rings. The number of benzene rings is 1. The van der Waals surface area contributed by atoms with E-state index in [4.69, 9.17) is 0 Å². The van der Waals surface area contributed by atoms with Crippen LogP contribution in [0, 0.1) is 15.9 Å². The Morgan fingerprint density at radius 3 is 2.76 bits per heavy atom. The smallest absolute Gasteiger partial charge is 0.304 e. The van der Waals surface area contributed by atoms with Crippen LogP contribution in [0.25, 0.3) is 0 Å². The molecule has 1 aromatic carbocycles. The monoisotopic (exact) mass is 290 g/mol. The standard InChI is InChI=1S/C13H11FN4O3/c1-15-11-4-5-16-7-9(11)13(19)17-8-2-3-12(18(20)21)10(14)6-8/h2-7H,1H3,(H,15,16)(H,17,19). The summed E-state index contributed by atoms with van der Waals surface area (Å²) in [7, 11) is 1.65. The molecule has 1 aromatic heterocycles. The number of nitro benzene ring substituents is 1. The molecule has 0 saturated carbocycles. The van der Waals surface area contributed by atoms with Gasteiger partial charge in [-0.3, -0.25) is 19.9 Å². The molecular formula is C13H11FN4O3. The summed E-state index contributed by atoms with van der Waals surface area (Å²) in [6, 6.07) is 4.76. The second-order valence-corrected chi connectivity index (χ2v) is 4.05. The number of pyridine rings is 1. The Labute approximate surface area is 119 Å². The number of rotatable bonds is 4. The molecule has 0 bridgehead atoms. The van der Waals surface area contributed by atoms with Gasteiger partial charge in [0.05, 0.1) is 10.5 Å². The van der Waals surface area contributed by atoms with Crippen molar-refractivity contribution in [1.82, 2.24) is 4.98 Å². The molecule has 8 heteroatoms. The normalized spacial score (nSPS) is 10.0. The second kappa shape index (κ2) is 5.95. The van der Waals surface area contributed by atoms with E-state index in [9.17, 15) is 19.3 Å². The molecule has 7 nitrogen and oxygen atoms in total. The minimum atomic E-state index is -1.02. The van der Waals surface area contributed by atoms with Crippen molar-refractivity contribution in [2.75, 3.05) is 17.7 Å². The number of amides is 1. The van der Waals surface area contributed by atoms with Crippen LogP contribution in [0.1, 0.15) is 10.4 Å². The Morgan fingerprint density at radius 1 is 1.38 bits per heavy atom. The molecule has 0 aliphatic heterocycles. The van der Waals surface area contributed by atoms with Gasteiger partial charge in [-0.05, 0) is 12.1 Å². The third-order valence-electron chi connectivity index (χ3n) is 2.74. The van der Waals surface area contributed by atoms with Gasteiger partial charge in [0, 0.05) is 42.9 Å². The van der Waals surface area contributed by atoms with Crippen molar-refractivity contribution in [3.05, 3.63) is 58.2 Å². The van der Waals surface area contributed by atoms with E-state index in [1.54, 1.807) is 13.1 Å². The number of aromatic nitrogens is 1. The zero-order valence-electron chi connectivity index (χ0n) is 11.0. The Bertz CT molecular complexity index is 706. The minimum absolute atomic E-state index is 0.119. The summed E-state index contributed by atoms with van der Waals surface area (Å²) in [5.41, 5.74) is 0.308. The molecule has 0 fully saturated rings. The molecule has 1 heterocycles. The maximum atomic E-state index is 13.5. The fraction of sp³-hybridized carbons (Fsp3) is 0.0769. The van der Waals surface area contributed by atoms with Crippen LogP contribution in [0.5, 0.6) is 0 Å². The summed E-state index contributed by atoms with van der Waals surface area (Å²) < 4.78 is 13.5. The number of halogens is 1. The van der Waals surface area contributed by atoms with E-state index in [-0.39, 0.29) is 11.3 Å². The highest BCUT2D eigenvalue weighted by Crippen LogP contribution is 2.22. The molecule has 0 saturated heterocycles. The van der Waals surface area contributed by atoms with Crippen LogP contribution in [-0.4, -0.2) is 22.9 Å². The maximum Gasteiger partial charge on any atom is 0.304 e. The van der Waals surface area contributed by atoms with Gasteiger partial charge >= 0.3 is 5.69 Å². The van der Waals surface area contributed by atoms with Crippen LogP contribution in [0.15, 0.2) is 36.7 Å². The van der Waals surface area contributed by atoms with Gasteiger partial charge in [-0.2, -0.15) is 4.39 Å². The Kier molecular flexibility index (Phi) is 4.07. The van der Waals surface area contributed by atoms with Crippen molar-refractivity contribution in [2.45, 2.75) is 0 Å². The molecule has 1 amide bonds. The van der Waals surface area contributed by atoms with Gasteiger partial charge in [-0.15, -0.1) is 0 Å². The number of anilines is 2. The van der Waals surface area contributed by atoms with E-state index in [1.165, 1.54) is 18.5 Å². The third kappa shape index (κ3) is 3.11. The summed E-state index contributed by atoms with van der Waals surface area (Å²) in [4.78, 5) is 25.6. The molecule has 0 atom stereocenters. The lowest BCUT2D eigenvalue weighted by Crippen LogP contribution is -2.14. The molecule has 21 heavy (non-hydrogen) atoms. The van der Waals surface area contributed by atoms with Gasteiger partial charge in [0.25, 0.3) is 5.91 Å². The summed E-state index contributed by atoms with van der Waals surface area (Å²) in [5, 5.41) is 15.8. The van der Waals surface area contributed by atoms with Crippen LogP contribution >= 0.6 is 0 Å². The van der Waals surface area contributed by atoms with Crippen LogP contribution in [0.3, 0.4) is 0 Å². The minimum Gasteiger partial charge on any atom is -0.387 e. The molecule has 0 spiro atoms. The van der Waals surface area contributed by atoms with Gasteiger partial charge in [-0.25, -0.2) is 0 Å². The number of hydrogen-bond acceptors (Lipinski definition) is 5. The quantitative estimate of drug-likeness (QED) is 0.665. The predicted octanol–water partition coefficient (Wildman–Crippen LogP) is 2.42. The first-order valence-electron chi connectivity index (χ1n) is 5.90. The number of carbonyl (C=O) groups is 1. The topological polar surface area (TPSA) is 97.2 Å². The van der Waals surface area contributed by atoms with Gasteiger partial charge in [-0.1, -0.05) is 0 Å². The van der Waals surface area contributed by atoms with Gasteiger partial charge < -0.3 is 10.6 Å². The van der Waals surface area contributed by atoms with Crippen LogP contribution in [-0.2, 0) is 0 Å². The van der Waals surface area contributed by atoms with E-state index in [2.05, 4.69) is 15.6 Å². The largest absolute Gasteiger partial charge is 0.387 e. The number of nitrogens with zero attached hydrogens (tertiary/aromatic N) is 2. The first-order chi connectivity index (χ1) is 10.0. The van der Waals surface area contributed by atoms with E-state index < -0.39 is 22.3 Å². The average Bonchev–Trinajstić information content (AvgIpc) is 2.46. The lowest BCUT2D eigenvalue weighted by molar-refractivity contribution is -0.387. The SMILES string of the molecule is CNc1ccncc1C(=O)Nc1ccc([N+](=O)[O-])c(F)c1. The van der Waals surface area contributed by atoms with Crippen molar-refractivity contribution < 1.29 is 14.1 Å². The first kappa shape index (κ1) is 14.4. The highest BCUT2D eigenvalue weighted by atomic mass is 19.1. The highest BCUT2D eigenvalue weighted by molar-refractivity contribution is 6.07. The summed E-state index contributed by atoms with van der Waals surface area (Å²) in [5.74, 6) is -1.52. The van der Waals surface area contributed by atoms with Gasteiger partial charge in [0.2, 0.25) is 5.82 Å². The second-order valence-electron chi connectivity index (χ2n) is 4.05. The van der Waals surface area contributed by atoms with Crippen molar-refractivity contribution in [2.24, 2.45) is 0 Å². The fourth-order valence-corrected chi connectivity index (χ4v) is 1.72. The Balaban J connectivity index is 2.24. The lowest BCUT2D eigenvalue weighted by Gasteiger charge is -2.09.